The van der Waals surface area contributed by atoms with Gasteiger partial charge in [-0.15, -0.1) is 0 Å². The Morgan fingerprint density at radius 2 is 2.28 bits per heavy atom. The molecule has 1 fully saturated rings. The van der Waals surface area contributed by atoms with E-state index in [9.17, 15) is 0 Å². The van der Waals surface area contributed by atoms with E-state index in [0.717, 1.165) is 12.1 Å². The summed E-state index contributed by atoms with van der Waals surface area (Å²) in [7, 11) is 0. The van der Waals surface area contributed by atoms with Gasteiger partial charge in [-0.1, -0.05) is 32.4 Å². The second-order valence-corrected chi connectivity index (χ2v) is 6.15. The van der Waals surface area contributed by atoms with E-state index in [2.05, 4.69) is 31.3 Å². The second kappa shape index (κ2) is 5.54. The summed E-state index contributed by atoms with van der Waals surface area (Å²) in [5, 5.41) is 12.5. The molecule has 0 radical (unpaired) electrons. The van der Waals surface area contributed by atoms with Gasteiger partial charge < -0.3 is 5.32 Å². The van der Waals surface area contributed by atoms with E-state index in [-0.39, 0.29) is 0 Å². The molecule has 1 aliphatic rings. The lowest BCUT2D eigenvalue weighted by molar-refractivity contribution is 0.198. The predicted molar refractivity (Wildman–Crippen MR) is 74.0 cm³/mol. The van der Waals surface area contributed by atoms with Gasteiger partial charge in [0.05, 0.1) is 11.6 Å². The first kappa shape index (κ1) is 13.1. The Balaban J connectivity index is 1.89. The maximum atomic E-state index is 8.88. The molecule has 2 rings (SSSR count). The second-order valence-electron chi connectivity index (χ2n) is 6.15. The molecule has 1 N–H and O–H groups in total. The standard InChI is InChI=1S/C16H22N2/c1-16(2)8-4-7-15(10-16)18-12-14-6-3-5-13(9-14)11-17/h3,5-6,9,15,18H,4,7-8,10,12H2,1-2H3. The van der Waals surface area contributed by atoms with Crippen LogP contribution in [0.2, 0.25) is 0 Å². The van der Waals surface area contributed by atoms with Gasteiger partial charge in [-0.25, -0.2) is 0 Å². The largest absolute Gasteiger partial charge is 0.310 e. The van der Waals surface area contributed by atoms with Crippen molar-refractivity contribution in [1.29, 1.82) is 5.26 Å². The molecule has 0 aliphatic heterocycles. The lowest BCUT2D eigenvalue weighted by Crippen LogP contribution is -2.36. The number of nitrogens with one attached hydrogen (secondary N) is 1. The van der Waals surface area contributed by atoms with Crippen LogP contribution in [0.5, 0.6) is 0 Å². The van der Waals surface area contributed by atoms with Crippen LogP contribution in [0.4, 0.5) is 0 Å². The molecule has 1 saturated carbocycles. The summed E-state index contributed by atoms with van der Waals surface area (Å²) in [4.78, 5) is 0. The number of benzene rings is 1. The van der Waals surface area contributed by atoms with Gasteiger partial charge in [-0.3, -0.25) is 0 Å². The summed E-state index contributed by atoms with van der Waals surface area (Å²) < 4.78 is 0. The average Bonchev–Trinajstić information content (AvgIpc) is 2.35. The summed E-state index contributed by atoms with van der Waals surface area (Å²) in [6.45, 7) is 5.59. The molecular formula is C16H22N2. The summed E-state index contributed by atoms with van der Waals surface area (Å²) in [5.74, 6) is 0. The van der Waals surface area contributed by atoms with Crippen molar-refractivity contribution in [2.24, 2.45) is 5.41 Å². The Hall–Kier alpha value is -1.33. The van der Waals surface area contributed by atoms with Crippen molar-refractivity contribution >= 4 is 0 Å². The van der Waals surface area contributed by atoms with Crippen molar-refractivity contribution < 1.29 is 0 Å². The molecule has 18 heavy (non-hydrogen) atoms. The summed E-state index contributed by atoms with van der Waals surface area (Å²) in [5.41, 5.74) is 2.43. The first-order chi connectivity index (χ1) is 8.59. The highest BCUT2D eigenvalue weighted by atomic mass is 14.9. The molecule has 1 aromatic rings. The first-order valence-corrected chi connectivity index (χ1v) is 6.81. The van der Waals surface area contributed by atoms with Gasteiger partial charge in [0.2, 0.25) is 0 Å². The van der Waals surface area contributed by atoms with Crippen LogP contribution >= 0.6 is 0 Å². The zero-order valence-electron chi connectivity index (χ0n) is 11.4. The van der Waals surface area contributed by atoms with Gasteiger partial charge in [0, 0.05) is 12.6 Å². The van der Waals surface area contributed by atoms with E-state index in [1.807, 2.05) is 18.2 Å². The molecule has 0 aromatic heterocycles. The quantitative estimate of drug-likeness (QED) is 0.878. The molecule has 1 aliphatic carbocycles. The lowest BCUT2D eigenvalue weighted by Gasteiger charge is -2.35. The minimum absolute atomic E-state index is 0.477. The number of hydrogen-bond donors (Lipinski definition) is 1. The van der Waals surface area contributed by atoms with E-state index < -0.39 is 0 Å². The Labute approximate surface area is 110 Å². The zero-order chi connectivity index (χ0) is 13.0. The van der Waals surface area contributed by atoms with Crippen molar-refractivity contribution in [2.45, 2.75) is 52.1 Å². The van der Waals surface area contributed by atoms with Crippen molar-refractivity contribution in [1.82, 2.24) is 5.32 Å². The number of nitrogens with zero attached hydrogens (tertiary/aromatic N) is 1. The average molecular weight is 242 g/mol. The van der Waals surface area contributed by atoms with E-state index in [0.29, 0.717) is 11.5 Å². The van der Waals surface area contributed by atoms with Crippen LogP contribution in [0.1, 0.15) is 50.7 Å². The van der Waals surface area contributed by atoms with Crippen LogP contribution in [0.25, 0.3) is 0 Å². The smallest absolute Gasteiger partial charge is 0.0991 e. The summed E-state index contributed by atoms with van der Waals surface area (Å²) in [6, 6.07) is 10.7. The highest BCUT2D eigenvalue weighted by Crippen LogP contribution is 2.35. The first-order valence-electron chi connectivity index (χ1n) is 6.81. The SMILES string of the molecule is CC1(C)CCCC(NCc2cccc(C#N)c2)C1. The van der Waals surface area contributed by atoms with Crippen LogP contribution < -0.4 is 5.32 Å². The van der Waals surface area contributed by atoms with Crippen LogP contribution in [-0.4, -0.2) is 6.04 Å². The van der Waals surface area contributed by atoms with Crippen molar-refractivity contribution in [3.63, 3.8) is 0 Å². The highest BCUT2D eigenvalue weighted by Gasteiger charge is 2.27. The fourth-order valence-electron chi connectivity index (χ4n) is 2.89. The Kier molecular flexibility index (Phi) is 4.04. The maximum Gasteiger partial charge on any atom is 0.0991 e. The van der Waals surface area contributed by atoms with Crippen molar-refractivity contribution in [3.8, 4) is 6.07 Å². The Morgan fingerprint density at radius 3 is 3.00 bits per heavy atom. The fourth-order valence-corrected chi connectivity index (χ4v) is 2.89. The Bertz CT molecular complexity index is 443. The molecule has 2 heteroatoms. The molecule has 96 valence electrons. The minimum Gasteiger partial charge on any atom is -0.310 e. The van der Waals surface area contributed by atoms with Crippen LogP contribution in [-0.2, 0) is 6.54 Å². The molecule has 0 heterocycles. The topological polar surface area (TPSA) is 35.8 Å². The number of hydrogen-bond acceptors (Lipinski definition) is 2. The fraction of sp³-hybridized carbons (Fsp3) is 0.562. The van der Waals surface area contributed by atoms with Gasteiger partial charge >= 0.3 is 0 Å². The third-order valence-electron chi connectivity index (χ3n) is 3.86. The van der Waals surface area contributed by atoms with E-state index in [1.165, 1.54) is 31.2 Å². The van der Waals surface area contributed by atoms with Crippen LogP contribution in [0.3, 0.4) is 0 Å². The van der Waals surface area contributed by atoms with Gasteiger partial charge in [0.1, 0.15) is 0 Å². The maximum absolute atomic E-state index is 8.88. The van der Waals surface area contributed by atoms with Gasteiger partial charge in [0.15, 0.2) is 0 Å². The zero-order valence-corrected chi connectivity index (χ0v) is 11.4. The third-order valence-corrected chi connectivity index (χ3v) is 3.86. The van der Waals surface area contributed by atoms with Crippen LogP contribution in [0, 0.1) is 16.7 Å². The molecule has 0 bridgehead atoms. The van der Waals surface area contributed by atoms with Crippen LogP contribution in [0.15, 0.2) is 24.3 Å². The third kappa shape index (κ3) is 3.58. The summed E-state index contributed by atoms with van der Waals surface area (Å²) >= 11 is 0. The molecule has 1 aromatic carbocycles. The van der Waals surface area contributed by atoms with Gasteiger partial charge in [-0.05, 0) is 42.4 Å². The highest BCUT2D eigenvalue weighted by molar-refractivity contribution is 5.32. The molecule has 0 amide bonds. The van der Waals surface area contributed by atoms with Crippen molar-refractivity contribution in [2.75, 3.05) is 0 Å². The van der Waals surface area contributed by atoms with Crippen molar-refractivity contribution in [3.05, 3.63) is 35.4 Å². The predicted octanol–water partition coefficient (Wildman–Crippen LogP) is 3.62. The molecule has 2 nitrogen and oxygen atoms in total. The van der Waals surface area contributed by atoms with E-state index in [4.69, 9.17) is 5.26 Å². The van der Waals surface area contributed by atoms with E-state index in [1.54, 1.807) is 0 Å². The molecule has 1 atom stereocenters. The monoisotopic (exact) mass is 242 g/mol. The summed E-state index contributed by atoms with van der Waals surface area (Å²) in [6.07, 6.45) is 5.20. The molecule has 1 unspecified atom stereocenters. The van der Waals surface area contributed by atoms with E-state index >= 15 is 0 Å². The lowest BCUT2D eigenvalue weighted by atomic mass is 9.75. The Morgan fingerprint density at radius 1 is 1.44 bits per heavy atom. The number of rotatable bonds is 3. The molecule has 0 spiro atoms. The normalized spacial score (nSPS) is 22.4. The molecular weight excluding hydrogens is 220 g/mol. The van der Waals surface area contributed by atoms with Gasteiger partial charge in [0.25, 0.3) is 0 Å². The number of nitriles is 1. The van der Waals surface area contributed by atoms with Gasteiger partial charge in [-0.2, -0.15) is 5.26 Å². The minimum atomic E-state index is 0.477. The molecule has 0 saturated heterocycles.